The Morgan fingerprint density at radius 1 is 1.17 bits per heavy atom. The van der Waals surface area contributed by atoms with E-state index in [1.807, 2.05) is 0 Å². The Bertz CT molecular complexity index is 686. The van der Waals surface area contributed by atoms with E-state index in [1.165, 1.54) is 24.0 Å². The molecule has 2 aromatic rings. The molecule has 1 atom stereocenters. The van der Waals surface area contributed by atoms with Crippen molar-refractivity contribution in [2.24, 2.45) is 0 Å². The molecule has 1 saturated heterocycles. The van der Waals surface area contributed by atoms with Gasteiger partial charge in [-0.25, -0.2) is 0 Å². The molecule has 2 heterocycles. The molecule has 1 aliphatic heterocycles. The summed E-state index contributed by atoms with van der Waals surface area (Å²) >= 11 is 0. The van der Waals surface area contributed by atoms with Gasteiger partial charge in [0, 0.05) is 38.6 Å². The van der Waals surface area contributed by atoms with Gasteiger partial charge in [-0.3, -0.25) is 9.80 Å². The van der Waals surface area contributed by atoms with Gasteiger partial charge in [0.15, 0.2) is 5.82 Å². The molecular weight excluding hydrogens is 300 g/mol. The van der Waals surface area contributed by atoms with E-state index in [9.17, 15) is 0 Å². The predicted molar refractivity (Wildman–Crippen MR) is 92.7 cm³/mol. The summed E-state index contributed by atoms with van der Waals surface area (Å²) in [6.07, 6.45) is 2.43. The quantitative estimate of drug-likeness (QED) is 0.845. The molecule has 4 rings (SSSR count). The van der Waals surface area contributed by atoms with Gasteiger partial charge in [0.05, 0.1) is 6.04 Å². The zero-order chi connectivity index (χ0) is 16.5. The van der Waals surface area contributed by atoms with E-state index in [0.29, 0.717) is 5.92 Å². The Kier molecular flexibility index (Phi) is 4.37. The topological polar surface area (TPSA) is 45.4 Å². The van der Waals surface area contributed by atoms with Gasteiger partial charge in [0.2, 0.25) is 5.89 Å². The molecule has 0 N–H and O–H groups in total. The number of aryl methyl sites for hydroxylation is 1. The van der Waals surface area contributed by atoms with Gasteiger partial charge in [-0.2, -0.15) is 4.98 Å². The molecule has 5 nitrogen and oxygen atoms in total. The highest BCUT2D eigenvalue weighted by molar-refractivity contribution is 5.25. The van der Waals surface area contributed by atoms with Crippen LogP contribution in [-0.2, 0) is 6.54 Å². The van der Waals surface area contributed by atoms with Gasteiger partial charge in [-0.15, -0.1) is 0 Å². The lowest BCUT2D eigenvalue weighted by Gasteiger charge is -2.37. The van der Waals surface area contributed by atoms with Crippen LogP contribution in [0, 0.1) is 6.92 Å². The van der Waals surface area contributed by atoms with Crippen molar-refractivity contribution < 1.29 is 4.52 Å². The molecule has 1 saturated carbocycles. The summed E-state index contributed by atoms with van der Waals surface area (Å²) in [5, 5.41) is 4.15. The Balaban J connectivity index is 1.32. The monoisotopic (exact) mass is 326 g/mol. The summed E-state index contributed by atoms with van der Waals surface area (Å²) in [5.74, 6) is 2.25. The molecular formula is C19H26N4O. The Hall–Kier alpha value is -1.72. The van der Waals surface area contributed by atoms with Crippen LogP contribution in [0.15, 0.2) is 28.8 Å². The number of hydrogen-bond donors (Lipinski definition) is 0. The number of hydrogen-bond acceptors (Lipinski definition) is 5. The third-order valence-electron chi connectivity index (χ3n) is 5.37. The maximum absolute atomic E-state index is 5.50. The van der Waals surface area contributed by atoms with Crippen LogP contribution in [0.5, 0.6) is 0 Å². The second-order valence-electron chi connectivity index (χ2n) is 7.18. The van der Waals surface area contributed by atoms with Crippen molar-refractivity contribution in [1.29, 1.82) is 0 Å². The smallest absolute Gasteiger partial charge is 0.243 e. The summed E-state index contributed by atoms with van der Waals surface area (Å²) in [5.41, 5.74) is 2.82. The van der Waals surface area contributed by atoms with E-state index in [4.69, 9.17) is 4.52 Å². The SMILES string of the molecule is Cc1ccccc1CN1CCN([C@H](C)c2nc(C3CC3)no2)CC1. The van der Waals surface area contributed by atoms with Gasteiger partial charge in [-0.1, -0.05) is 29.4 Å². The van der Waals surface area contributed by atoms with Crippen molar-refractivity contribution >= 4 is 0 Å². The highest BCUT2D eigenvalue weighted by atomic mass is 16.5. The second kappa shape index (κ2) is 6.65. The van der Waals surface area contributed by atoms with Crippen LogP contribution >= 0.6 is 0 Å². The standard InChI is InChI=1S/C19H26N4O/c1-14-5-3-4-6-17(14)13-22-9-11-23(12-10-22)15(2)19-20-18(21-24-19)16-7-8-16/h3-6,15-16H,7-13H2,1-2H3/t15-/m1/s1. The third-order valence-corrected chi connectivity index (χ3v) is 5.37. The minimum absolute atomic E-state index is 0.214. The number of nitrogens with zero attached hydrogens (tertiary/aromatic N) is 4. The summed E-state index contributed by atoms with van der Waals surface area (Å²) < 4.78 is 5.50. The lowest BCUT2D eigenvalue weighted by Crippen LogP contribution is -2.46. The minimum Gasteiger partial charge on any atom is -0.338 e. The van der Waals surface area contributed by atoms with E-state index in [-0.39, 0.29) is 6.04 Å². The first-order valence-electron chi connectivity index (χ1n) is 9.05. The maximum atomic E-state index is 5.50. The van der Waals surface area contributed by atoms with Crippen LogP contribution < -0.4 is 0 Å². The second-order valence-corrected chi connectivity index (χ2v) is 7.18. The van der Waals surface area contributed by atoms with E-state index in [2.05, 4.69) is 58.1 Å². The molecule has 0 radical (unpaired) electrons. The average molecular weight is 326 g/mol. The molecule has 2 fully saturated rings. The number of benzene rings is 1. The molecule has 128 valence electrons. The molecule has 1 aliphatic carbocycles. The minimum atomic E-state index is 0.214. The van der Waals surface area contributed by atoms with Crippen molar-refractivity contribution in [3.8, 4) is 0 Å². The first kappa shape index (κ1) is 15.8. The van der Waals surface area contributed by atoms with Crippen LogP contribution in [0.25, 0.3) is 0 Å². The van der Waals surface area contributed by atoms with E-state index in [0.717, 1.165) is 44.4 Å². The predicted octanol–water partition coefficient (Wildman–Crippen LogP) is 3.13. The zero-order valence-electron chi connectivity index (χ0n) is 14.6. The van der Waals surface area contributed by atoms with Crippen molar-refractivity contribution in [2.45, 2.75) is 45.2 Å². The molecule has 1 aromatic heterocycles. The van der Waals surface area contributed by atoms with Crippen molar-refractivity contribution in [2.75, 3.05) is 26.2 Å². The largest absolute Gasteiger partial charge is 0.338 e. The van der Waals surface area contributed by atoms with Gasteiger partial charge in [0.1, 0.15) is 0 Å². The fraction of sp³-hybridized carbons (Fsp3) is 0.579. The van der Waals surface area contributed by atoms with Gasteiger partial charge >= 0.3 is 0 Å². The van der Waals surface area contributed by atoms with Crippen molar-refractivity contribution in [3.05, 3.63) is 47.1 Å². The zero-order valence-corrected chi connectivity index (χ0v) is 14.6. The summed E-state index contributed by atoms with van der Waals surface area (Å²) in [6.45, 7) is 9.69. The van der Waals surface area contributed by atoms with Crippen LogP contribution in [0.4, 0.5) is 0 Å². The number of aromatic nitrogens is 2. The molecule has 0 bridgehead atoms. The molecule has 2 aliphatic rings. The first-order valence-corrected chi connectivity index (χ1v) is 9.05. The highest BCUT2D eigenvalue weighted by Crippen LogP contribution is 2.38. The molecule has 0 amide bonds. The summed E-state index contributed by atoms with van der Waals surface area (Å²) in [4.78, 5) is 9.61. The van der Waals surface area contributed by atoms with Crippen molar-refractivity contribution in [1.82, 2.24) is 19.9 Å². The molecule has 5 heteroatoms. The average Bonchev–Trinajstić information content (AvgIpc) is 3.34. The van der Waals surface area contributed by atoms with Crippen molar-refractivity contribution in [3.63, 3.8) is 0 Å². The molecule has 0 spiro atoms. The highest BCUT2D eigenvalue weighted by Gasteiger charge is 2.31. The van der Waals surface area contributed by atoms with Crippen LogP contribution in [0.1, 0.15) is 54.6 Å². The maximum Gasteiger partial charge on any atom is 0.243 e. The van der Waals surface area contributed by atoms with Gasteiger partial charge in [-0.05, 0) is 37.8 Å². The Morgan fingerprint density at radius 3 is 2.62 bits per heavy atom. The van der Waals surface area contributed by atoms with Gasteiger partial charge < -0.3 is 4.52 Å². The number of piperazine rings is 1. The van der Waals surface area contributed by atoms with Crippen LogP contribution in [-0.4, -0.2) is 46.1 Å². The van der Waals surface area contributed by atoms with Crippen LogP contribution in [0.2, 0.25) is 0 Å². The summed E-state index contributed by atoms with van der Waals surface area (Å²) in [6, 6.07) is 8.89. The summed E-state index contributed by atoms with van der Waals surface area (Å²) in [7, 11) is 0. The Morgan fingerprint density at radius 2 is 1.92 bits per heavy atom. The van der Waals surface area contributed by atoms with E-state index in [1.54, 1.807) is 0 Å². The molecule has 0 unspecified atom stereocenters. The third kappa shape index (κ3) is 3.37. The lowest BCUT2D eigenvalue weighted by atomic mass is 10.1. The molecule has 1 aromatic carbocycles. The Labute approximate surface area is 143 Å². The first-order chi connectivity index (χ1) is 11.7. The normalized spacial score (nSPS) is 21.1. The fourth-order valence-electron chi connectivity index (χ4n) is 3.42. The lowest BCUT2D eigenvalue weighted by molar-refractivity contribution is 0.0844. The fourth-order valence-corrected chi connectivity index (χ4v) is 3.42. The van der Waals surface area contributed by atoms with Gasteiger partial charge in [0.25, 0.3) is 0 Å². The van der Waals surface area contributed by atoms with E-state index < -0.39 is 0 Å². The molecule has 24 heavy (non-hydrogen) atoms. The van der Waals surface area contributed by atoms with Crippen LogP contribution in [0.3, 0.4) is 0 Å². The number of rotatable bonds is 5. The van der Waals surface area contributed by atoms with E-state index >= 15 is 0 Å².